The van der Waals surface area contributed by atoms with Crippen LogP contribution in [-0.4, -0.2) is 22.9 Å². The van der Waals surface area contributed by atoms with Gasteiger partial charge in [-0.3, -0.25) is 9.69 Å². The fourth-order valence-corrected chi connectivity index (χ4v) is 2.82. The van der Waals surface area contributed by atoms with Gasteiger partial charge in [0.05, 0.1) is 19.4 Å². The molecule has 2 heterocycles. The van der Waals surface area contributed by atoms with E-state index < -0.39 is 0 Å². The van der Waals surface area contributed by atoms with Gasteiger partial charge in [0.1, 0.15) is 5.76 Å². The molecule has 2 rings (SSSR count). The molecule has 1 amide bonds. The molecule has 0 saturated carbocycles. The third-order valence-corrected chi connectivity index (χ3v) is 3.66. The number of hydrogen-bond acceptors (Lipinski definition) is 4. The Hall–Kier alpha value is -1.59. The van der Waals surface area contributed by atoms with Gasteiger partial charge in [0.15, 0.2) is 0 Å². The first kappa shape index (κ1) is 15.8. The van der Waals surface area contributed by atoms with Crippen LogP contribution < -0.4 is 5.32 Å². The van der Waals surface area contributed by atoms with Gasteiger partial charge in [-0.15, -0.1) is 11.3 Å². The van der Waals surface area contributed by atoms with Crippen molar-refractivity contribution < 1.29 is 9.21 Å². The molecular weight excluding hydrogens is 284 g/mol. The SMILES string of the molecule is CC(C)(C)NC(=O)CN(Cc1ccco1)Cc1cccs1. The molecule has 0 radical (unpaired) electrons. The first-order valence-electron chi connectivity index (χ1n) is 7.00. The predicted octanol–water partition coefficient (Wildman–Crippen LogP) is 3.26. The Kier molecular flexibility index (Phi) is 5.20. The summed E-state index contributed by atoms with van der Waals surface area (Å²) in [4.78, 5) is 15.5. The summed E-state index contributed by atoms with van der Waals surface area (Å²) < 4.78 is 5.40. The van der Waals surface area contributed by atoms with E-state index in [1.54, 1.807) is 17.6 Å². The van der Waals surface area contributed by atoms with Crippen molar-refractivity contribution in [3.05, 3.63) is 46.5 Å². The molecule has 0 aliphatic rings. The molecule has 0 bridgehead atoms. The maximum atomic E-state index is 12.1. The molecule has 0 saturated heterocycles. The van der Waals surface area contributed by atoms with Gasteiger partial charge >= 0.3 is 0 Å². The number of hydrogen-bond donors (Lipinski definition) is 1. The highest BCUT2D eigenvalue weighted by Crippen LogP contribution is 2.14. The van der Waals surface area contributed by atoms with Gasteiger partial charge in [-0.1, -0.05) is 6.07 Å². The van der Waals surface area contributed by atoms with E-state index in [1.165, 1.54) is 4.88 Å². The molecule has 2 aromatic rings. The molecule has 0 fully saturated rings. The van der Waals surface area contributed by atoms with Gasteiger partial charge in [-0.25, -0.2) is 0 Å². The number of rotatable bonds is 6. The minimum absolute atomic E-state index is 0.0330. The Morgan fingerprint density at radius 1 is 1.29 bits per heavy atom. The fourth-order valence-electron chi connectivity index (χ4n) is 2.07. The van der Waals surface area contributed by atoms with Crippen LogP contribution in [0.3, 0.4) is 0 Å². The lowest BCUT2D eigenvalue weighted by molar-refractivity contribution is -0.124. The normalized spacial score (nSPS) is 11.8. The lowest BCUT2D eigenvalue weighted by atomic mass is 10.1. The highest BCUT2D eigenvalue weighted by atomic mass is 32.1. The third-order valence-electron chi connectivity index (χ3n) is 2.80. The molecule has 114 valence electrons. The van der Waals surface area contributed by atoms with Crippen LogP contribution in [0.4, 0.5) is 0 Å². The van der Waals surface area contributed by atoms with E-state index in [4.69, 9.17) is 4.42 Å². The van der Waals surface area contributed by atoms with Crippen LogP contribution in [0.1, 0.15) is 31.4 Å². The van der Waals surface area contributed by atoms with Crippen LogP contribution in [-0.2, 0) is 17.9 Å². The zero-order valence-electron chi connectivity index (χ0n) is 12.8. The van der Waals surface area contributed by atoms with Gasteiger partial charge < -0.3 is 9.73 Å². The monoisotopic (exact) mass is 306 g/mol. The fraction of sp³-hybridized carbons (Fsp3) is 0.438. The highest BCUT2D eigenvalue weighted by Gasteiger charge is 2.18. The Morgan fingerprint density at radius 3 is 2.67 bits per heavy atom. The Bertz CT molecular complexity index is 505. The second-order valence-electron chi connectivity index (χ2n) is 6.10. The summed E-state index contributed by atoms with van der Waals surface area (Å²) in [6.07, 6.45) is 1.66. The quantitative estimate of drug-likeness (QED) is 0.891. The topological polar surface area (TPSA) is 45.5 Å². The molecule has 0 aliphatic heterocycles. The summed E-state index contributed by atoms with van der Waals surface area (Å²) in [6.45, 7) is 7.69. The van der Waals surface area contributed by atoms with Crippen LogP contribution in [0.2, 0.25) is 0 Å². The van der Waals surface area contributed by atoms with Crippen molar-refractivity contribution in [3.63, 3.8) is 0 Å². The predicted molar refractivity (Wildman–Crippen MR) is 85.0 cm³/mol. The molecule has 0 aliphatic carbocycles. The van der Waals surface area contributed by atoms with Gasteiger partial charge in [-0.05, 0) is 44.4 Å². The van der Waals surface area contributed by atoms with Crippen molar-refractivity contribution in [1.82, 2.24) is 10.2 Å². The van der Waals surface area contributed by atoms with Crippen molar-refractivity contribution in [3.8, 4) is 0 Å². The second kappa shape index (κ2) is 6.91. The van der Waals surface area contributed by atoms with Crippen LogP contribution in [0.15, 0.2) is 40.3 Å². The molecule has 1 N–H and O–H groups in total. The number of nitrogens with zero attached hydrogens (tertiary/aromatic N) is 1. The van der Waals surface area contributed by atoms with Gasteiger partial charge in [0, 0.05) is 17.0 Å². The Labute approximate surface area is 129 Å². The standard InChI is InChI=1S/C16H22N2O2S/c1-16(2,3)17-15(19)12-18(10-13-6-4-8-20-13)11-14-7-5-9-21-14/h4-9H,10-12H2,1-3H3,(H,17,19). The smallest absolute Gasteiger partial charge is 0.234 e. The largest absolute Gasteiger partial charge is 0.468 e. The average Bonchev–Trinajstić information content (AvgIpc) is 2.99. The van der Waals surface area contributed by atoms with Crippen LogP contribution in [0.25, 0.3) is 0 Å². The first-order chi connectivity index (χ1) is 9.92. The summed E-state index contributed by atoms with van der Waals surface area (Å²) in [5.41, 5.74) is -0.212. The Morgan fingerprint density at radius 2 is 2.10 bits per heavy atom. The van der Waals surface area contributed by atoms with E-state index in [-0.39, 0.29) is 11.4 Å². The van der Waals surface area contributed by atoms with E-state index >= 15 is 0 Å². The van der Waals surface area contributed by atoms with Crippen LogP contribution in [0, 0.1) is 0 Å². The lowest BCUT2D eigenvalue weighted by Crippen LogP contribution is -2.45. The number of amides is 1. The molecule has 0 atom stereocenters. The zero-order chi connectivity index (χ0) is 15.3. The van der Waals surface area contributed by atoms with Crippen molar-refractivity contribution in [2.75, 3.05) is 6.54 Å². The molecule has 21 heavy (non-hydrogen) atoms. The summed E-state index contributed by atoms with van der Waals surface area (Å²) >= 11 is 1.70. The number of carbonyl (C=O) groups excluding carboxylic acids is 1. The van der Waals surface area contributed by atoms with Crippen molar-refractivity contribution in [2.24, 2.45) is 0 Å². The molecule has 0 aromatic carbocycles. The maximum absolute atomic E-state index is 12.1. The minimum Gasteiger partial charge on any atom is -0.468 e. The summed E-state index contributed by atoms with van der Waals surface area (Å²) in [6, 6.07) is 7.92. The van der Waals surface area contributed by atoms with Gasteiger partial charge in [0.2, 0.25) is 5.91 Å². The number of carbonyl (C=O) groups is 1. The van der Waals surface area contributed by atoms with Crippen LogP contribution >= 0.6 is 11.3 Å². The van der Waals surface area contributed by atoms with E-state index in [0.717, 1.165) is 12.3 Å². The molecular formula is C16H22N2O2S. The number of nitrogens with one attached hydrogen (secondary N) is 1. The van der Waals surface area contributed by atoms with E-state index in [0.29, 0.717) is 13.1 Å². The van der Waals surface area contributed by atoms with Gasteiger partial charge in [0.25, 0.3) is 0 Å². The lowest BCUT2D eigenvalue weighted by Gasteiger charge is -2.25. The zero-order valence-corrected chi connectivity index (χ0v) is 13.6. The summed E-state index contributed by atoms with van der Waals surface area (Å²) in [7, 11) is 0. The Balaban J connectivity index is 1.99. The summed E-state index contributed by atoms with van der Waals surface area (Å²) in [5, 5.41) is 5.05. The third kappa shape index (κ3) is 5.73. The van der Waals surface area contributed by atoms with Crippen molar-refractivity contribution in [1.29, 1.82) is 0 Å². The van der Waals surface area contributed by atoms with Gasteiger partial charge in [-0.2, -0.15) is 0 Å². The molecule has 4 nitrogen and oxygen atoms in total. The maximum Gasteiger partial charge on any atom is 0.234 e. The molecule has 5 heteroatoms. The van der Waals surface area contributed by atoms with E-state index in [1.807, 2.05) is 39.0 Å². The first-order valence-corrected chi connectivity index (χ1v) is 7.88. The van der Waals surface area contributed by atoms with Crippen LogP contribution in [0.5, 0.6) is 0 Å². The van der Waals surface area contributed by atoms with E-state index in [9.17, 15) is 4.79 Å². The second-order valence-corrected chi connectivity index (χ2v) is 7.13. The minimum atomic E-state index is -0.212. The van der Waals surface area contributed by atoms with Crippen molar-refractivity contribution in [2.45, 2.75) is 39.4 Å². The molecule has 2 aromatic heterocycles. The van der Waals surface area contributed by atoms with Crippen molar-refractivity contribution >= 4 is 17.2 Å². The molecule has 0 spiro atoms. The molecule has 0 unspecified atom stereocenters. The highest BCUT2D eigenvalue weighted by molar-refractivity contribution is 7.09. The van der Waals surface area contributed by atoms with E-state index in [2.05, 4.69) is 21.7 Å². The number of thiophene rings is 1. The summed E-state index contributed by atoms with van der Waals surface area (Å²) in [5.74, 6) is 0.903. The average molecular weight is 306 g/mol. The number of furan rings is 1.